The molecule has 0 bridgehead atoms. The Balaban J connectivity index is 0.000000169. The van der Waals surface area contributed by atoms with Crippen molar-refractivity contribution in [2.45, 2.75) is 43.7 Å². The van der Waals surface area contributed by atoms with Crippen LogP contribution in [-0.2, 0) is 0 Å². The smallest absolute Gasteiger partial charge is 0.259 e. The van der Waals surface area contributed by atoms with Crippen molar-refractivity contribution in [3.8, 4) is 28.6 Å². The van der Waals surface area contributed by atoms with Crippen LogP contribution in [0.1, 0.15) is 43.2 Å². The van der Waals surface area contributed by atoms with Gasteiger partial charge in [0.1, 0.15) is 24.3 Å². The number of fused-ring (bicyclic) bond motifs is 2. The van der Waals surface area contributed by atoms with Gasteiger partial charge in [-0.3, -0.25) is 19.2 Å². The summed E-state index contributed by atoms with van der Waals surface area (Å²) in [6.07, 6.45) is 19.9. The first-order valence-corrected chi connectivity index (χ1v) is 22.2. The van der Waals surface area contributed by atoms with Gasteiger partial charge in [-0.25, -0.2) is 29.9 Å². The van der Waals surface area contributed by atoms with E-state index in [1.54, 1.807) is 43.4 Å². The maximum atomic E-state index is 12.6. The summed E-state index contributed by atoms with van der Waals surface area (Å²) in [5.74, 6) is 1.38. The van der Waals surface area contributed by atoms with Crippen molar-refractivity contribution in [3.63, 3.8) is 0 Å². The molecule has 9 heterocycles. The predicted molar refractivity (Wildman–Crippen MR) is 254 cm³/mol. The van der Waals surface area contributed by atoms with Crippen LogP contribution < -0.4 is 21.8 Å². The van der Waals surface area contributed by atoms with Crippen LogP contribution in [0, 0.1) is 11.3 Å². The van der Waals surface area contributed by atoms with Crippen LogP contribution in [-0.4, -0.2) is 122 Å². The zero-order valence-electron chi connectivity index (χ0n) is 36.5. The third-order valence-corrected chi connectivity index (χ3v) is 12.2. The fourth-order valence-electron chi connectivity index (χ4n) is 8.73. The number of H-pyrrole nitrogens is 2. The number of aliphatic hydroxyl groups is 2. The highest BCUT2D eigenvalue weighted by atomic mass is 16.3. The maximum absolute atomic E-state index is 12.6. The van der Waals surface area contributed by atoms with E-state index in [1.807, 2.05) is 47.3 Å². The summed E-state index contributed by atoms with van der Waals surface area (Å²) < 4.78 is 1.95. The summed E-state index contributed by atoms with van der Waals surface area (Å²) in [5.41, 5.74) is 5.32. The van der Waals surface area contributed by atoms with Gasteiger partial charge >= 0.3 is 0 Å². The van der Waals surface area contributed by atoms with Crippen molar-refractivity contribution in [3.05, 3.63) is 137 Å². The molecule has 8 aromatic rings. The topological polar surface area (TPSA) is 256 Å². The van der Waals surface area contributed by atoms with E-state index < -0.39 is 6.10 Å². The van der Waals surface area contributed by atoms with E-state index in [9.17, 15) is 14.7 Å². The molecule has 0 aliphatic carbocycles. The second kappa shape index (κ2) is 20.6. The Morgan fingerprint density at radius 3 is 1.79 bits per heavy atom. The lowest BCUT2D eigenvalue weighted by Crippen LogP contribution is -2.39. The number of aromatic amines is 2. The minimum absolute atomic E-state index is 0.202. The zero-order valence-corrected chi connectivity index (χ0v) is 36.5. The lowest BCUT2D eigenvalue weighted by molar-refractivity contribution is 0.0513. The molecule has 0 saturated carbocycles. The van der Waals surface area contributed by atoms with Crippen LogP contribution in [0.2, 0.25) is 0 Å². The van der Waals surface area contributed by atoms with E-state index >= 15 is 0 Å². The van der Waals surface area contributed by atoms with Gasteiger partial charge in [0.25, 0.3) is 11.1 Å². The Kier molecular flexibility index (Phi) is 13.7. The van der Waals surface area contributed by atoms with Crippen LogP contribution >= 0.6 is 0 Å². The summed E-state index contributed by atoms with van der Waals surface area (Å²) in [4.78, 5) is 60.7. The van der Waals surface area contributed by atoms with E-state index in [0.717, 1.165) is 85.1 Å². The fourth-order valence-corrected chi connectivity index (χ4v) is 8.73. The number of β-amino-alcohol motifs (C(OH)–C–C–N with tert-alkyl or cyclic N) is 1. The molecule has 6 N–H and O–H groups in total. The number of nitriles is 1. The summed E-state index contributed by atoms with van der Waals surface area (Å²) in [6.45, 7) is 4.33. The molecule has 1 atom stereocenters. The number of likely N-dealkylation sites (tertiary alicyclic amines) is 2. The molecular weight excluding hydrogens is 851 g/mol. The second-order valence-electron chi connectivity index (χ2n) is 16.7. The highest BCUT2D eigenvalue weighted by Crippen LogP contribution is 2.32. The number of anilines is 4. The molecule has 2 aliphatic heterocycles. The van der Waals surface area contributed by atoms with E-state index in [2.05, 4.69) is 73.6 Å². The van der Waals surface area contributed by atoms with Crippen LogP contribution in [0.4, 0.5) is 23.0 Å². The standard InChI is InChI=1S/C26H28N6O3.C22H21N9O/c33-15-22(34)14-32-9-6-18(7-10-32)17-1-3-21(4-2-17)30-25-24-19(5-8-29-26(24)35)11-23(31-25)20-12-27-16-28-13-20;23-4-8-30-6-2-18(3-7-30)31-13-17(12-27-31)28-21-20-15(1-5-26-22(20)32)9-19(29-21)16-10-24-14-25-11-16/h1-5,8,11-13,16,18,22,33-34H,6-7,9-10,14-15H2,(H,29,35)(H,30,31);1,5,9-14,18H,2-3,6-8H2,(H,26,32)(H,28,29). The molecule has 7 aromatic heterocycles. The number of aromatic nitrogens is 10. The molecule has 67 heavy (non-hydrogen) atoms. The zero-order chi connectivity index (χ0) is 46.1. The molecule has 340 valence electrons. The quantitative estimate of drug-likeness (QED) is 0.0869. The summed E-state index contributed by atoms with van der Waals surface area (Å²) >= 11 is 0. The maximum Gasteiger partial charge on any atom is 0.259 e. The van der Waals surface area contributed by atoms with Crippen molar-refractivity contribution in [2.24, 2.45) is 0 Å². The van der Waals surface area contributed by atoms with Gasteiger partial charge in [-0.2, -0.15) is 10.4 Å². The first-order chi connectivity index (χ1) is 32.8. The first-order valence-electron chi connectivity index (χ1n) is 22.2. The van der Waals surface area contributed by atoms with Gasteiger partial charge < -0.3 is 35.7 Å². The van der Waals surface area contributed by atoms with Crippen molar-refractivity contribution in [2.75, 3.05) is 56.5 Å². The minimum atomic E-state index is -0.679. The average Bonchev–Trinajstić information content (AvgIpc) is 3.84. The van der Waals surface area contributed by atoms with Gasteiger partial charge in [0.15, 0.2) is 0 Å². The normalized spacial score (nSPS) is 15.4. The number of rotatable bonds is 12. The summed E-state index contributed by atoms with van der Waals surface area (Å²) in [6, 6.07) is 18.2. The highest BCUT2D eigenvalue weighted by molar-refractivity contribution is 5.96. The number of hydrogen-bond donors (Lipinski definition) is 6. The van der Waals surface area contributed by atoms with Gasteiger partial charge in [0.05, 0.1) is 65.4 Å². The third-order valence-electron chi connectivity index (χ3n) is 12.2. The minimum Gasteiger partial charge on any atom is -0.394 e. The van der Waals surface area contributed by atoms with Gasteiger partial charge in [-0.05, 0) is 97.4 Å². The lowest BCUT2D eigenvalue weighted by atomic mass is 9.89. The van der Waals surface area contributed by atoms with E-state index in [1.165, 1.54) is 18.2 Å². The number of piperidine rings is 2. The Hall–Kier alpha value is -7.76. The molecule has 0 amide bonds. The van der Waals surface area contributed by atoms with Gasteiger partial charge in [-0.15, -0.1) is 0 Å². The third kappa shape index (κ3) is 10.5. The molecule has 1 unspecified atom stereocenters. The Morgan fingerprint density at radius 1 is 0.716 bits per heavy atom. The van der Waals surface area contributed by atoms with Crippen molar-refractivity contribution >= 4 is 44.6 Å². The molecule has 19 nitrogen and oxygen atoms in total. The second-order valence-corrected chi connectivity index (χ2v) is 16.7. The predicted octanol–water partition coefficient (Wildman–Crippen LogP) is 5.14. The van der Waals surface area contributed by atoms with Gasteiger partial charge in [0.2, 0.25) is 0 Å². The average molecular weight is 900 g/mol. The van der Waals surface area contributed by atoms with E-state index in [0.29, 0.717) is 52.8 Å². The van der Waals surface area contributed by atoms with E-state index in [4.69, 9.17) is 20.3 Å². The molecule has 2 aliphatic rings. The van der Waals surface area contributed by atoms with Crippen LogP contribution in [0.15, 0.2) is 120 Å². The Morgan fingerprint density at radius 2 is 1.25 bits per heavy atom. The lowest BCUT2D eigenvalue weighted by Gasteiger charge is -2.33. The summed E-state index contributed by atoms with van der Waals surface area (Å²) in [5, 5.41) is 41.3. The SMILES string of the molecule is N#CCN1CCC(n2cc(Nc3nc(-c4cncnc4)cc4cc[nH]c(=O)c34)cn2)CC1.O=c1[nH]ccc2cc(-c3cncnc3)nc(Nc3ccc(C4CCN(CC(O)CO)CC4)cc3)c12. The Labute approximate surface area is 384 Å². The van der Waals surface area contributed by atoms with Crippen LogP contribution in [0.25, 0.3) is 44.1 Å². The molecule has 0 radical (unpaired) electrons. The monoisotopic (exact) mass is 899 g/mol. The largest absolute Gasteiger partial charge is 0.394 e. The molecule has 10 rings (SSSR count). The number of aliphatic hydroxyl groups excluding tert-OH is 2. The van der Waals surface area contributed by atoms with Crippen molar-refractivity contribution < 1.29 is 10.2 Å². The van der Waals surface area contributed by atoms with Crippen LogP contribution in [0.3, 0.4) is 0 Å². The number of nitrogens with one attached hydrogen (secondary N) is 4. The number of nitrogens with zero attached hydrogens (tertiary/aromatic N) is 11. The van der Waals surface area contributed by atoms with Gasteiger partial charge in [-0.1, -0.05) is 12.1 Å². The van der Waals surface area contributed by atoms with Crippen LogP contribution in [0.5, 0.6) is 0 Å². The number of pyridine rings is 4. The highest BCUT2D eigenvalue weighted by Gasteiger charge is 2.23. The molecule has 2 fully saturated rings. The molecule has 1 aromatic carbocycles. The van der Waals surface area contributed by atoms with E-state index in [-0.39, 0.29) is 23.8 Å². The summed E-state index contributed by atoms with van der Waals surface area (Å²) in [7, 11) is 0. The molecule has 19 heteroatoms. The van der Waals surface area contributed by atoms with Gasteiger partial charge in [0, 0.05) is 79.8 Å². The van der Waals surface area contributed by atoms with Crippen molar-refractivity contribution in [1.29, 1.82) is 5.26 Å². The number of hydrogen-bond acceptors (Lipinski definition) is 16. The molecule has 0 spiro atoms. The van der Waals surface area contributed by atoms with Crippen molar-refractivity contribution in [1.82, 2.24) is 59.5 Å². The first kappa shape index (κ1) is 44.4. The molecule has 2 saturated heterocycles. The molecular formula is C48H49N15O4. The Bertz CT molecular complexity index is 3090. The number of benzene rings is 1. The fraction of sp³-hybridized carbons (Fsp3) is 0.292.